The highest BCUT2D eigenvalue weighted by Crippen LogP contribution is 2.29. The summed E-state index contributed by atoms with van der Waals surface area (Å²) < 4.78 is 0. The molecule has 190 valence electrons. The highest BCUT2D eigenvalue weighted by molar-refractivity contribution is 5.99. The van der Waals surface area contributed by atoms with Gasteiger partial charge in [0.05, 0.1) is 0 Å². The van der Waals surface area contributed by atoms with E-state index >= 15 is 0 Å². The van der Waals surface area contributed by atoms with Crippen LogP contribution in [0.3, 0.4) is 0 Å². The van der Waals surface area contributed by atoms with Crippen LogP contribution in [0.15, 0.2) is 55.1 Å². The Kier molecular flexibility index (Phi) is 6.95. The van der Waals surface area contributed by atoms with Crippen LogP contribution in [-0.2, 0) is 0 Å². The zero-order chi connectivity index (χ0) is 25.1. The number of piperazine rings is 1. The molecule has 10 heteroatoms. The summed E-state index contributed by atoms with van der Waals surface area (Å²) in [4.78, 5) is 28.9. The van der Waals surface area contributed by atoms with E-state index in [1.54, 1.807) is 12.3 Å². The molecule has 3 aliphatic heterocycles. The van der Waals surface area contributed by atoms with Crippen LogP contribution in [0.1, 0.15) is 23.7 Å². The Hall–Kier alpha value is -3.79. The van der Waals surface area contributed by atoms with Crippen molar-refractivity contribution in [1.29, 1.82) is 0 Å². The molecule has 0 spiro atoms. The molecule has 4 heterocycles. The predicted molar refractivity (Wildman–Crippen MR) is 143 cm³/mol. The summed E-state index contributed by atoms with van der Waals surface area (Å²) in [5.41, 5.74) is 2.46. The summed E-state index contributed by atoms with van der Waals surface area (Å²) in [5.74, 6) is 1.97. The number of aromatic nitrogens is 2. The molecule has 1 aromatic carbocycles. The maximum Gasteiger partial charge on any atom is 0.256 e. The monoisotopic (exact) mass is 489 g/mol. The first-order chi connectivity index (χ1) is 17.5. The van der Waals surface area contributed by atoms with E-state index in [-0.39, 0.29) is 12.1 Å². The number of hydrogen-bond donors (Lipinski definition) is 4. The van der Waals surface area contributed by atoms with Gasteiger partial charge in [-0.1, -0.05) is 13.0 Å². The topological polar surface area (TPSA) is 101 Å². The summed E-state index contributed by atoms with van der Waals surface area (Å²) in [5, 5.41) is 12.9. The molecule has 3 aliphatic rings. The van der Waals surface area contributed by atoms with E-state index < -0.39 is 0 Å². The Labute approximate surface area is 212 Å². The molecule has 2 saturated heterocycles. The van der Waals surface area contributed by atoms with Crippen molar-refractivity contribution in [3.8, 4) is 0 Å². The molecule has 2 fully saturated rings. The number of nitrogens with one attached hydrogen (secondary N) is 4. The van der Waals surface area contributed by atoms with Crippen molar-refractivity contribution in [3.05, 3.63) is 60.7 Å². The van der Waals surface area contributed by atoms with Gasteiger partial charge in [-0.05, 0) is 43.7 Å². The summed E-state index contributed by atoms with van der Waals surface area (Å²) in [6, 6.07) is 8.30. The Bertz CT molecular complexity index is 1120. The van der Waals surface area contributed by atoms with Crippen LogP contribution in [0.25, 0.3) is 0 Å². The number of anilines is 4. The second kappa shape index (κ2) is 10.4. The Morgan fingerprint density at radius 1 is 1.17 bits per heavy atom. The molecule has 4 N–H and O–H groups in total. The molecule has 0 saturated carbocycles. The Balaban J connectivity index is 1.32. The third-order valence-electron chi connectivity index (χ3n) is 7.02. The molecule has 0 bridgehead atoms. The number of rotatable bonds is 8. The van der Waals surface area contributed by atoms with Gasteiger partial charge < -0.3 is 36.0 Å². The lowest BCUT2D eigenvalue weighted by Gasteiger charge is -2.34. The highest BCUT2D eigenvalue weighted by Gasteiger charge is 2.34. The van der Waals surface area contributed by atoms with Crippen LogP contribution in [0.2, 0.25) is 0 Å². The fourth-order valence-corrected chi connectivity index (χ4v) is 4.82. The number of fused-ring (bicyclic) bond motifs is 1. The zero-order valence-corrected chi connectivity index (χ0v) is 21.0. The van der Waals surface area contributed by atoms with Gasteiger partial charge in [0.1, 0.15) is 23.4 Å². The maximum absolute atomic E-state index is 12.8. The number of carbonyl (C=O) groups is 1. The standard InChI is InChI=1S/C26H35N9O/c1-4-10-27-25(36)21-16-28-26(32-23(21)30-22-17-35-11-9-18(2)24(35)31-22)29-19-5-7-20(8-6-19)34-14-12-33(3)13-15-34/h4-8,16-18,24,31H,1,9-15H2,2-3H3,(H,27,36)(H2,28,29,30,32). The Morgan fingerprint density at radius 3 is 2.67 bits per heavy atom. The minimum Gasteiger partial charge on any atom is -0.369 e. The third kappa shape index (κ3) is 5.23. The second-order valence-corrected chi connectivity index (χ2v) is 9.68. The molecule has 0 radical (unpaired) electrons. The average molecular weight is 490 g/mol. The molecule has 2 unspecified atom stereocenters. The molecular weight excluding hydrogens is 454 g/mol. The van der Waals surface area contributed by atoms with Gasteiger partial charge in [-0.2, -0.15) is 4.98 Å². The predicted octanol–water partition coefficient (Wildman–Crippen LogP) is 2.37. The van der Waals surface area contributed by atoms with Crippen LogP contribution < -0.4 is 26.2 Å². The number of likely N-dealkylation sites (N-methyl/N-ethyl adjacent to an activating group) is 1. The number of amides is 1. The van der Waals surface area contributed by atoms with Crippen LogP contribution in [0.5, 0.6) is 0 Å². The quantitative estimate of drug-likeness (QED) is 0.417. The zero-order valence-electron chi connectivity index (χ0n) is 21.0. The summed E-state index contributed by atoms with van der Waals surface area (Å²) in [6.45, 7) is 11.5. The van der Waals surface area contributed by atoms with Crippen molar-refractivity contribution < 1.29 is 4.79 Å². The first-order valence-electron chi connectivity index (χ1n) is 12.6. The lowest BCUT2D eigenvalue weighted by atomic mass is 10.1. The van der Waals surface area contributed by atoms with E-state index in [1.165, 1.54) is 5.69 Å². The van der Waals surface area contributed by atoms with Crippen molar-refractivity contribution in [2.45, 2.75) is 19.5 Å². The van der Waals surface area contributed by atoms with Crippen molar-refractivity contribution in [2.24, 2.45) is 5.92 Å². The number of hydrogen-bond acceptors (Lipinski definition) is 9. The first kappa shape index (κ1) is 23.9. The second-order valence-electron chi connectivity index (χ2n) is 9.68. The van der Waals surface area contributed by atoms with E-state index in [4.69, 9.17) is 0 Å². The van der Waals surface area contributed by atoms with Gasteiger partial charge in [0.2, 0.25) is 5.95 Å². The molecular formula is C26H35N9O. The lowest BCUT2D eigenvalue weighted by Crippen LogP contribution is -2.44. The SMILES string of the molecule is C=CCNC(=O)c1cnc(Nc2ccc(N3CCN(C)CC3)cc2)nc1NC1=CN2CCC(C)C2N1. The number of carbonyl (C=O) groups excluding carboxylic acids is 1. The average Bonchev–Trinajstić information content (AvgIpc) is 3.44. The fourth-order valence-electron chi connectivity index (χ4n) is 4.82. The third-order valence-corrected chi connectivity index (χ3v) is 7.02. The van der Waals surface area contributed by atoms with E-state index in [0.29, 0.717) is 29.8 Å². The van der Waals surface area contributed by atoms with E-state index in [2.05, 4.69) is 84.8 Å². The van der Waals surface area contributed by atoms with Gasteiger partial charge in [-0.15, -0.1) is 6.58 Å². The van der Waals surface area contributed by atoms with E-state index in [0.717, 1.165) is 50.7 Å². The largest absolute Gasteiger partial charge is 0.369 e. The van der Waals surface area contributed by atoms with E-state index in [1.807, 2.05) is 12.1 Å². The number of nitrogens with zero attached hydrogens (tertiary/aromatic N) is 5. The van der Waals surface area contributed by atoms with Crippen molar-refractivity contribution in [1.82, 2.24) is 30.4 Å². The van der Waals surface area contributed by atoms with Crippen LogP contribution in [0.4, 0.5) is 23.1 Å². The van der Waals surface area contributed by atoms with Gasteiger partial charge in [0, 0.05) is 63.0 Å². The van der Waals surface area contributed by atoms with Gasteiger partial charge in [-0.3, -0.25) is 4.79 Å². The van der Waals surface area contributed by atoms with Gasteiger partial charge in [-0.25, -0.2) is 4.98 Å². The Morgan fingerprint density at radius 2 is 1.94 bits per heavy atom. The minimum atomic E-state index is -0.257. The van der Waals surface area contributed by atoms with Gasteiger partial charge in [0.15, 0.2) is 0 Å². The van der Waals surface area contributed by atoms with Crippen LogP contribution >= 0.6 is 0 Å². The fraction of sp³-hybridized carbons (Fsp3) is 0.423. The summed E-state index contributed by atoms with van der Waals surface area (Å²) >= 11 is 0. The maximum atomic E-state index is 12.8. The molecule has 1 amide bonds. The van der Waals surface area contributed by atoms with Gasteiger partial charge in [0.25, 0.3) is 5.91 Å². The highest BCUT2D eigenvalue weighted by atomic mass is 16.1. The normalized spacial score (nSPS) is 21.4. The van der Waals surface area contributed by atoms with Crippen molar-refractivity contribution >= 4 is 29.0 Å². The summed E-state index contributed by atoms with van der Waals surface area (Å²) in [7, 11) is 2.16. The number of benzene rings is 1. The molecule has 5 rings (SSSR count). The van der Waals surface area contributed by atoms with Crippen LogP contribution in [-0.4, -0.2) is 78.2 Å². The molecule has 10 nitrogen and oxygen atoms in total. The van der Waals surface area contributed by atoms with Gasteiger partial charge >= 0.3 is 0 Å². The molecule has 2 atom stereocenters. The molecule has 0 aliphatic carbocycles. The summed E-state index contributed by atoms with van der Waals surface area (Å²) in [6.07, 6.45) is 6.68. The molecule has 2 aromatic rings. The van der Waals surface area contributed by atoms with E-state index in [9.17, 15) is 4.79 Å². The molecule has 36 heavy (non-hydrogen) atoms. The lowest BCUT2D eigenvalue weighted by molar-refractivity contribution is 0.0958. The smallest absolute Gasteiger partial charge is 0.256 e. The molecule has 1 aromatic heterocycles. The van der Waals surface area contributed by atoms with Crippen molar-refractivity contribution in [3.63, 3.8) is 0 Å². The van der Waals surface area contributed by atoms with Crippen molar-refractivity contribution in [2.75, 3.05) is 61.8 Å². The van der Waals surface area contributed by atoms with Crippen LogP contribution in [0, 0.1) is 5.92 Å². The minimum absolute atomic E-state index is 0.257. The first-order valence-corrected chi connectivity index (χ1v) is 12.6.